The van der Waals surface area contributed by atoms with Gasteiger partial charge >= 0.3 is 0 Å². The van der Waals surface area contributed by atoms with Gasteiger partial charge in [-0.3, -0.25) is 0 Å². The summed E-state index contributed by atoms with van der Waals surface area (Å²) in [6.45, 7) is 0. The molecule has 3 rings (SSSR count). The first-order valence-electron chi connectivity index (χ1n) is 5.74. The Morgan fingerprint density at radius 3 is 2.58 bits per heavy atom. The van der Waals surface area contributed by atoms with E-state index in [0.717, 1.165) is 22.4 Å². The summed E-state index contributed by atoms with van der Waals surface area (Å²) in [6, 6.07) is 15.3. The molecule has 0 saturated carbocycles. The highest BCUT2D eigenvalue weighted by atomic mass is 35.5. The Hall–Kier alpha value is -1.91. The number of hydrogen-bond acceptors (Lipinski definition) is 3. The van der Waals surface area contributed by atoms with Crippen LogP contribution in [0.4, 0.5) is 11.5 Å². The molecule has 0 bridgehead atoms. The molecule has 0 amide bonds. The quantitative estimate of drug-likeness (QED) is 0.672. The number of aromatic amines is 1. The average molecular weight is 288 g/mol. The zero-order valence-corrected chi connectivity index (χ0v) is 11.4. The number of benzene rings is 2. The molecule has 3 aromatic rings. The third kappa shape index (κ3) is 2.59. The highest BCUT2D eigenvalue weighted by Crippen LogP contribution is 2.23. The van der Waals surface area contributed by atoms with Crippen LogP contribution in [0.5, 0.6) is 0 Å². The van der Waals surface area contributed by atoms with Gasteiger partial charge in [0.1, 0.15) is 5.82 Å². The first-order chi connectivity index (χ1) is 9.22. The van der Waals surface area contributed by atoms with Crippen LogP contribution < -0.4 is 5.32 Å². The molecule has 5 heteroatoms. The number of nitrogens with one attached hydrogen (secondary N) is 2. The lowest BCUT2D eigenvalue weighted by Gasteiger charge is -2.08. The molecule has 2 aromatic carbocycles. The van der Waals surface area contributed by atoms with Crippen molar-refractivity contribution in [3.05, 3.63) is 58.3 Å². The zero-order valence-electron chi connectivity index (χ0n) is 9.85. The number of para-hydroxylation sites is 1. The fourth-order valence-corrected chi connectivity index (χ4v) is 2.20. The lowest BCUT2D eigenvalue weighted by molar-refractivity contribution is 1.18. The van der Waals surface area contributed by atoms with E-state index >= 15 is 0 Å². The van der Waals surface area contributed by atoms with E-state index in [0.29, 0.717) is 9.79 Å². The second-order valence-corrected chi connectivity index (χ2v) is 4.89. The van der Waals surface area contributed by atoms with E-state index < -0.39 is 0 Å². The number of hydrogen-bond donors (Lipinski definition) is 2. The fraction of sp³-hybridized carbons (Fsp3) is 0. The molecule has 94 valence electrons. The minimum absolute atomic E-state index is 0.454. The molecule has 3 nitrogen and oxygen atoms in total. The van der Waals surface area contributed by atoms with Crippen LogP contribution in [0.15, 0.2) is 48.5 Å². The van der Waals surface area contributed by atoms with Crippen molar-refractivity contribution < 1.29 is 0 Å². The van der Waals surface area contributed by atoms with Gasteiger partial charge in [0.2, 0.25) is 0 Å². The third-order valence-electron chi connectivity index (χ3n) is 2.74. The number of H-pyrrole nitrogens is 1. The van der Waals surface area contributed by atoms with Gasteiger partial charge in [-0.05, 0) is 48.6 Å². The van der Waals surface area contributed by atoms with Crippen LogP contribution in [0.25, 0.3) is 10.9 Å². The van der Waals surface area contributed by atoms with E-state index in [2.05, 4.69) is 15.3 Å². The number of nitrogens with zero attached hydrogens (tertiary/aromatic N) is 1. The number of halogens is 1. The van der Waals surface area contributed by atoms with E-state index in [9.17, 15) is 0 Å². The normalized spacial score (nSPS) is 10.6. The van der Waals surface area contributed by atoms with Crippen LogP contribution >= 0.6 is 23.8 Å². The van der Waals surface area contributed by atoms with Crippen molar-refractivity contribution in [1.29, 1.82) is 0 Å². The smallest absolute Gasteiger partial charge is 0.199 e. The highest BCUT2D eigenvalue weighted by Gasteiger charge is 2.03. The van der Waals surface area contributed by atoms with E-state index in [4.69, 9.17) is 23.8 Å². The molecule has 2 N–H and O–H groups in total. The molecule has 0 saturated heterocycles. The van der Waals surface area contributed by atoms with E-state index in [-0.39, 0.29) is 0 Å². The second kappa shape index (κ2) is 4.99. The monoisotopic (exact) mass is 287 g/mol. The molecule has 0 aliphatic carbocycles. The van der Waals surface area contributed by atoms with Crippen molar-refractivity contribution in [3.8, 4) is 0 Å². The molecule has 1 aromatic heterocycles. The van der Waals surface area contributed by atoms with E-state index in [1.807, 2.05) is 48.5 Å². The Labute approximate surface area is 120 Å². The summed E-state index contributed by atoms with van der Waals surface area (Å²) in [5.74, 6) is 0.738. The minimum Gasteiger partial charge on any atom is -0.340 e. The number of anilines is 2. The largest absolute Gasteiger partial charge is 0.340 e. The lowest BCUT2D eigenvalue weighted by Crippen LogP contribution is -1.96. The molecular weight excluding hydrogens is 278 g/mol. The Kier molecular flexibility index (Phi) is 3.19. The van der Waals surface area contributed by atoms with Crippen molar-refractivity contribution in [2.75, 3.05) is 5.32 Å². The zero-order chi connectivity index (χ0) is 13.2. The van der Waals surface area contributed by atoms with Gasteiger partial charge in [-0.15, -0.1) is 0 Å². The van der Waals surface area contributed by atoms with Crippen LogP contribution in [-0.2, 0) is 0 Å². The van der Waals surface area contributed by atoms with Crippen LogP contribution in [0.1, 0.15) is 0 Å². The van der Waals surface area contributed by atoms with Crippen molar-refractivity contribution >= 4 is 46.2 Å². The molecule has 0 aliphatic rings. The van der Waals surface area contributed by atoms with Gasteiger partial charge in [0.15, 0.2) is 4.77 Å². The fourth-order valence-electron chi connectivity index (χ4n) is 1.87. The lowest BCUT2D eigenvalue weighted by atomic mass is 10.2. The maximum Gasteiger partial charge on any atom is 0.199 e. The van der Waals surface area contributed by atoms with Gasteiger partial charge in [-0.1, -0.05) is 23.7 Å². The number of fused-ring (bicyclic) bond motifs is 1. The molecule has 1 heterocycles. The summed E-state index contributed by atoms with van der Waals surface area (Å²) >= 11 is 11.0. The van der Waals surface area contributed by atoms with Crippen molar-refractivity contribution in [2.24, 2.45) is 0 Å². The standard InChI is InChI=1S/C14H10ClN3S/c15-9-5-7-10(8-6-9)16-13-11-3-1-2-4-12(11)17-14(19)18-13/h1-8H,(H2,16,17,18,19). The molecule has 0 radical (unpaired) electrons. The first-order valence-corrected chi connectivity index (χ1v) is 6.53. The number of aromatic nitrogens is 2. The van der Waals surface area contributed by atoms with Gasteiger partial charge in [0.05, 0.1) is 5.52 Å². The van der Waals surface area contributed by atoms with Crippen LogP contribution in [0.2, 0.25) is 5.02 Å². The summed E-state index contributed by atoms with van der Waals surface area (Å²) in [5.41, 5.74) is 1.88. The van der Waals surface area contributed by atoms with Gasteiger partial charge < -0.3 is 10.3 Å². The molecular formula is C14H10ClN3S. The highest BCUT2D eigenvalue weighted by molar-refractivity contribution is 7.71. The Bertz CT molecular complexity index is 781. The molecule has 0 spiro atoms. The summed E-state index contributed by atoms with van der Waals surface area (Å²) in [6.07, 6.45) is 0. The van der Waals surface area contributed by atoms with Crippen molar-refractivity contribution in [1.82, 2.24) is 9.97 Å². The molecule has 19 heavy (non-hydrogen) atoms. The second-order valence-electron chi connectivity index (χ2n) is 4.07. The molecule has 0 aliphatic heterocycles. The van der Waals surface area contributed by atoms with Crippen molar-refractivity contribution in [2.45, 2.75) is 0 Å². The number of rotatable bonds is 2. The Morgan fingerprint density at radius 1 is 1.05 bits per heavy atom. The van der Waals surface area contributed by atoms with Crippen LogP contribution in [0.3, 0.4) is 0 Å². The topological polar surface area (TPSA) is 40.7 Å². The minimum atomic E-state index is 0.454. The van der Waals surface area contributed by atoms with Gasteiger partial charge in [0.25, 0.3) is 0 Å². The maximum absolute atomic E-state index is 5.87. The van der Waals surface area contributed by atoms with Crippen LogP contribution in [-0.4, -0.2) is 9.97 Å². The molecule has 0 atom stereocenters. The summed E-state index contributed by atoms with van der Waals surface area (Å²) in [7, 11) is 0. The SMILES string of the molecule is S=c1nc(Nc2ccc(Cl)cc2)c2ccccc2[nH]1. The van der Waals surface area contributed by atoms with Crippen molar-refractivity contribution in [3.63, 3.8) is 0 Å². The Morgan fingerprint density at radius 2 is 1.79 bits per heavy atom. The molecule has 0 fully saturated rings. The average Bonchev–Trinajstić information content (AvgIpc) is 2.41. The predicted octanol–water partition coefficient (Wildman–Crippen LogP) is 4.69. The van der Waals surface area contributed by atoms with Gasteiger partial charge in [0, 0.05) is 16.1 Å². The van der Waals surface area contributed by atoms with Crippen LogP contribution in [0, 0.1) is 4.77 Å². The first kappa shape index (κ1) is 12.1. The van der Waals surface area contributed by atoms with E-state index in [1.165, 1.54) is 0 Å². The maximum atomic E-state index is 5.87. The third-order valence-corrected chi connectivity index (χ3v) is 3.19. The van der Waals surface area contributed by atoms with E-state index in [1.54, 1.807) is 0 Å². The molecule has 0 unspecified atom stereocenters. The predicted molar refractivity (Wildman–Crippen MR) is 81.7 cm³/mol. The van der Waals surface area contributed by atoms with Gasteiger partial charge in [-0.2, -0.15) is 0 Å². The Balaban J connectivity index is 2.09. The van der Waals surface area contributed by atoms with Gasteiger partial charge in [-0.25, -0.2) is 4.98 Å². The summed E-state index contributed by atoms with van der Waals surface area (Å²) in [5, 5.41) is 4.95. The summed E-state index contributed by atoms with van der Waals surface area (Å²) in [4.78, 5) is 7.40. The summed E-state index contributed by atoms with van der Waals surface area (Å²) < 4.78 is 0.454.